The first-order valence-corrected chi connectivity index (χ1v) is 5.37. The Kier molecular flexibility index (Phi) is 3.19. The molecule has 3 nitrogen and oxygen atoms in total. The molecule has 1 unspecified atom stereocenters. The van der Waals surface area contributed by atoms with E-state index in [2.05, 4.69) is 5.32 Å². The lowest BCUT2D eigenvalue weighted by atomic mass is 10.1. The van der Waals surface area contributed by atoms with Crippen LogP contribution >= 0.6 is 0 Å². The zero-order chi connectivity index (χ0) is 11.5. The Balaban J connectivity index is 1.90. The molecule has 0 amide bonds. The molecule has 1 aliphatic carbocycles. The molecule has 1 aromatic carbocycles. The Bertz CT molecular complexity index is 373. The molecule has 1 saturated carbocycles. The summed E-state index contributed by atoms with van der Waals surface area (Å²) >= 11 is 0. The molecule has 0 bridgehead atoms. The van der Waals surface area contributed by atoms with Crippen molar-refractivity contribution in [2.45, 2.75) is 25.4 Å². The number of halogens is 1. The van der Waals surface area contributed by atoms with Crippen LogP contribution in [0.5, 0.6) is 0 Å². The van der Waals surface area contributed by atoms with Crippen molar-refractivity contribution in [2.75, 3.05) is 0 Å². The van der Waals surface area contributed by atoms with Gasteiger partial charge in [0.05, 0.1) is 0 Å². The normalized spacial score (nSPS) is 17.1. The number of carboxylic acid groups (broad SMARTS) is 1. The molecule has 0 heterocycles. The number of nitrogens with one attached hydrogen (secondary N) is 1. The summed E-state index contributed by atoms with van der Waals surface area (Å²) in [5, 5.41) is 12.0. The van der Waals surface area contributed by atoms with E-state index in [4.69, 9.17) is 5.11 Å². The third-order valence-corrected chi connectivity index (χ3v) is 2.80. The van der Waals surface area contributed by atoms with E-state index >= 15 is 0 Å². The van der Waals surface area contributed by atoms with E-state index in [1.165, 1.54) is 12.1 Å². The lowest BCUT2D eigenvalue weighted by Gasteiger charge is -2.13. The van der Waals surface area contributed by atoms with Crippen LogP contribution in [0.25, 0.3) is 0 Å². The molecular formula is C12H14FNO2. The highest BCUT2D eigenvalue weighted by molar-refractivity contribution is 5.74. The largest absolute Gasteiger partial charge is 0.480 e. The molecule has 0 radical (unpaired) electrons. The second-order valence-electron chi connectivity index (χ2n) is 4.16. The van der Waals surface area contributed by atoms with Gasteiger partial charge in [0, 0.05) is 6.54 Å². The molecule has 0 aliphatic heterocycles. The second-order valence-corrected chi connectivity index (χ2v) is 4.16. The monoisotopic (exact) mass is 223 g/mol. The summed E-state index contributed by atoms with van der Waals surface area (Å²) < 4.78 is 12.6. The highest BCUT2D eigenvalue weighted by Gasteiger charge is 2.35. The molecule has 86 valence electrons. The Hall–Kier alpha value is -1.42. The maximum atomic E-state index is 12.6. The zero-order valence-corrected chi connectivity index (χ0v) is 8.82. The number of carboxylic acids is 1. The highest BCUT2D eigenvalue weighted by atomic mass is 19.1. The second kappa shape index (κ2) is 4.61. The fraction of sp³-hybridized carbons (Fsp3) is 0.417. The molecular weight excluding hydrogens is 209 g/mol. The predicted octanol–water partition coefficient (Wildman–Crippen LogP) is 1.78. The van der Waals surface area contributed by atoms with Crippen molar-refractivity contribution in [1.82, 2.24) is 5.32 Å². The van der Waals surface area contributed by atoms with Gasteiger partial charge in [-0.3, -0.25) is 4.79 Å². The van der Waals surface area contributed by atoms with Crippen molar-refractivity contribution in [3.8, 4) is 0 Å². The number of carbonyl (C=O) groups is 1. The fourth-order valence-electron chi connectivity index (χ4n) is 1.72. The van der Waals surface area contributed by atoms with Crippen molar-refractivity contribution in [2.24, 2.45) is 5.92 Å². The van der Waals surface area contributed by atoms with Crippen molar-refractivity contribution in [1.29, 1.82) is 0 Å². The van der Waals surface area contributed by atoms with Gasteiger partial charge >= 0.3 is 5.97 Å². The fourth-order valence-corrected chi connectivity index (χ4v) is 1.72. The molecule has 1 aromatic rings. The number of benzene rings is 1. The third kappa shape index (κ3) is 2.79. The Labute approximate surface area is 93.3 Å². The van der Waals surface area contributed by atoms with Crippen molar-refractivity contribution < 1.29 is 14.3 Å². The minimum atomic E-state index is -0.801. The SMILES string of the molecule is O=C(O)C(NCc1ccc(F)cc1)C1CC1. The van der Waals surface area contributed by atoms with Crippen LogP contribution in [-0.2, 0) is 11.3 Å². The Morgan fingerprint density at radius 1 is 1.44 bits per heavy atom. The van der Waals surface area contributed by atoms with Gasteiger partial charge in [0.25, 0.3) is 0 Å². The van der Waals surface area contributed by atoms with E-state index in [-0.39, 0.29) is 11.7 Å². The first kappa shape index (κ1) is 11.1. The number of aliphatic carboxylic acids is 1. The van der Waals surface area contributed by atoms with Gasteiger partial charge in [-0.25, -0.2) is 4.39 Å². The third-order valence-electron chi connectivity index (χ3n) is 2.80. The Morgan fingerprint density at radius 3 is 2.56 bits per heavy atom. The van der Waals surface area contributed by atoms with Crippen molar-refractivity contribution >= 4 is 5.97 Å². The van der Waals surface area contributed by atoms with Crippen LogP contribution in [0, 0.1) is 11.7 Å². The number of hydrogen-bond donors (Lipinski definition) is 2. The van der Waals surface area contributed by atoms with Gasteiger partial charge in [-0.2, -0.15) is 0 Å². The summed E-state index contributed by atoms with van der Waals surface area (Å²) in [5.74, 6) is -0.816. The van der Waals surface area contributed by atoms with E-state index < -0.39 is 12.0 Å². The average Bonchev–Trinajstić information content (AvgIpc) is 3.05. The quantitative estimate of drug-likeness (QED) is 0.800. The summed E-state index contributed by atoms with van der Waals surface area (Å²) in [4.78, 5) is 10.9. The first-order valence-electron chi connectivity index (χ1n) is 5.37. The van der Waals surface area contributed by atoms with Gasteiger partial charge in [-0.05, 0) is 36.5 Å². The summed E-state index contributed by atoms with van der Waals surface area (Å²) in [6.07, 6.45) is 1.96. The molecule has 0 aromatic heterocycles. The van der Waals surface area contributed by atoms with E-state index in [1.54, 1.807) is 12.1 Å². The number of rotatable bonds is 5. The van der Waals surface area contributed by atoms with Gasteiger partial charge in [-0.15, -0.1) is 0 Å². The molecule has 2 rings (SSSR count). The lowest BCUT2D eigenvalue weighted by Crippen LogP contribution is -2.38. The molecule has 1 fully saturated rings. The van der Waals surface area contributed by atoms with Gasteiger partial charge in [0.15, 0.2) is 0 Å². The molecule has 0 spiro atoms. The summed E-state index contributed by atoms with van der Waals surface area (Å²) in [6.45, 7) is 0.466. The molecule has 4 heteroatoms. The lowest BCUT2D eigenvalue weighted by molar-refractivity contribution is -0.140. The van der Waals surface area contributed by atoms with Crippen LogP contribution in [-0.4, -0.2) is 17.1 Å². The van der Waals surface area contributed by atoms with Gasteiger partial charge < -0.3 is 10.4 Å². The van der Waals surface area contributed by atoms with Crippen LogP contribution in [0.1, 0.15) is 18.4 Å². The summed E-state index contributed by atoms with van der Waals surface area (Å²) in [7, 11) is 0. The van der Waals surface area contributed by atoms with Crippen LogP contribution < -0.4 is 5.32 Å². The average molecular weight is 223 g/mol. The van der Waals surface area contributed by atoms with Crippen molar-refractivity contribution in [3.63, 3.8) is 0 Å². The van der Waals surface area contributed by atoms with Crippen LogP contribution in [0.2, 0.25) is 0 Å². The first-order chi connectivity index (χ1) is 7.66. The molecule has 1 aliphatic rings. The van der Waals surface area contributed by atoms with Gasteiger partial charge in [-0.1, -0.05) is 12.1 Å². The summed E-state index contributed by atoms with van der Waals surface area (Å²) in [5.41, 5.74) is 0.897. The van der Waals surface area contributed by atoms with E-state index in [9.17, 15) is 9.18 Å². The standard InChI is InChI=1S/C12H14FNO2/c13-10-5-1-8(2-6-10)7-14-11(12(15)16)9-3-4-9/h1-2,5-6,9,11,14H,3-4,7H2,(H,15,16). The topological polar surface area (TPSA) is 49.3 Å². The molecule has 0 saturated heterocycles. The van der Waals surface area contributed by atoms with E-state index in [1.807, 2.05) is 0 Å². The highest BCUT2D eigenvalue weighted by Crippen LogP contribution is 2.32. The van der Waals surface area contributed by atoms with Crippen LogP contribution in [0.4, 0.5) is 4.39 Å². The Morgan fingerprint density at radius 2 is 2.06 bits per heavy atom. The minimum Gasteiger partial charge on any atom is -0.480 e. The summed E-state index contributed by atoms with van der Waals surface area (Å²) in [6, 6.07) is 5.61. The number of hydrogen-bond acceptors (Lipinski definition) is 2. The van der Waals surface area contributed by atoms with Crippen LogP contribution in [0.3, 0.4) is 0 Å². The van der Waals surface area contributed by atoms with Gasteiger partial charge in [0.2, 0.25) is 0 Å². The zero-order valence-electron chi connectivity index (χ0n) is 8.82. The van der Waals surface area contributed by atoms with Gasteiger partial charge in [0.1, 0.15) is 11.9 Å². The molecule has 1 atom stereocenters. The maximum Gasteiger partial charge on any atom is 0.320 e. The minimum absolute atomic E-state index is 0.262. The smallest absolute Gasteiger partial charge is 0.320 e. The molecule has 2 N–H and O–H groups in total. The van der Waals surface area contributed by atoms with Crippen LogP contribution in [0.15, 0.2) is 24.3 Å². The molecule has 16 heavy (non-hydrogen) atoms. The van der Waals surface area contributed by atoms with Crippen molar-refractivity contribution in [3.05, 3.63) is 35.6 Å². The van der Waals surface area contributed by atoms with E-state index in [0.717, 1.165) is 18.4 Å². The van der Waals surface area contributed by atoms with E-state index in [0.29, 0.717) is 6.54 Å². The predicted molar refractivity (Wildman–Crippen MR) is 57.4 cm³/mol. The maximum absolute atomic E-state index is 12.6.